The quantitative estimate of drug-likeness (QED) is 0.281. The highest BCUT2D eigenvalue weighted by atomic mass is 35.9. The molecule has 0 fully saturated rings. The Balaban J connectivity index is 1.97. The van der Waals surface area contributed by atoms with Gasteiger partial charge in [-0.2, -0.15) is 13.5 Å². The van der Waals surface area contributed by atoms with E-state index < -0.39 is 19.3 Å². The lowest BCUT2D eigenvalue weighted by molar-refractivity contribution is 0.596. The van der Waals surface area contributed by atoms with Crippen molar-refractivity contribution in [2.45, 2.75) is 0 Å². The topological polar surface area (TPSA) is 43.6 Å². The highest BCUT2D eigenvalue weighted by Crippen LogP contribution is 2.86. The number of hydrogen-bond acceptors (Lipinski definition) is 5. The van der Waals surface area contributed by atoms with E-state index in [1.165, 1.54) is 0 Å². The number of allylic oxidation sites excluding steroid dienone is 2. The molecule has 3 rings (SSSR count). The molecule has 2 atom stereocenters. The van der Waals surface area contributed by atoms with Crippen molar-refractivity contribution in [3.8, 4) is 0 Å². The minimum Gasteiger partial charge on any atom is -0.238 e. The average molecular weight is 489 g/mol. The zero-order valence-electron chi connectivity index (χ0n) is 14.0. The lowest BCUT2D eigenvalue weighted by Gasteiger charge is -2.34. The molecule has 1 heterocycles. The maximum Gasteiger partial charge on any atom is 0.257 e. The van der Waals surface area contributed by atoms with E-state index in [0.717, 1.165) is 11.1 Å². The summed E-state index contributed by atoms with van der Waals surface area (Å²) >= 11 is 26.5. The minimum absolute atomic E-state index is 0.516. The molecule has 3 aliphatic rings. The second kappa shape index (κ2) is 7.96. The summed E-state index contributed by atoms with van der Waals surface area (Å²) in [6, 6.07) is 0. The van der Waals surface area contributed by atoms with Crippen LogP contribution < -0.4 is 0 Å². The first-order chi connectivity index (χ1) is 12.1. The van der Waals surface area contributed by atoms with Crippen molar-refractivity contribution in [1.29, 1.82) is 0 Å². The van der Waals surface area contributed by atoms with Crippen LogP contribution in [0.15, 0.2) is 72.6 Å². The number of likely N-dealkylation sites (N-methyl/N-ethyl adjacent to an activating group) is 2. The predicted molar refractivity (Wildman–Crippen MR) is 118 cm³/mol. The van der Waals surface area contributed by atoms with Crippen molar-refractivity contribution in [2.75, 3.05) is 27.2 Å². The number of rotatable bonds is 6. The fraction of sp³-hybridized carbons (Fsp3) is 0.286. The molecule has 12 heteroatoms. The molecule has 0 N–H and O–H groups in total. The van der Waals surface area contributed by atoms with Gasteiger partial charge in [-0.25, -0.2) is 9.34 Å². The molecule has 0 amide bonds. The molecule has 0 aromatic rings. The van der Waals surface area contributed by atoms with Crippen LogP contribution in [-0.4, -0.2) is 36.5 Å². The lowest BCUT2D eigenvalue weighted by Crippen LogP contribution is -2.17. The van der Waals surface area contributed by atoms with Gasteiger partial charge < -0.3 is 0 Å². The van der Waals surface area contributed by atoms with Crippen molar-refractivity contribution >= 4 is 64.3 Å². The third-order valence-corrected chi connectivity index (χ3v) is 17.5. The first-order valence-corrected chi connectivity index (χ1v) is 16.1. The van der Waals surface area contributed by atoms with Crippen LogP contribution >= 0.6 is 64.3 Å². The average Bonchev–Trinajstić information content (AvgIpc) is 3.18. The van der Waals surface area contributed by atoms with Gasteiger partial charge in [-0.1, -0.05) is 12.2 Å². The van der Waals surface area contributed by atoms with Gasteiger partial charge in [0.05, 0.1) is 0 Å². The van der Waals surface area contributed by atoms with Crippen molar-refractivity contribution < 1.29 is 0 Å². The van der Waals surface area contributed by atoms with Gasteiger partial charge in [0.15, 0.2) is 0 Å². The molecule has 0 spiro atoms. The van der Waals surface area contributed by atoms with Gasteiger partial charge in [0.25, 0.3) is 5.91 Å². The molecule has 0 aromatic heterocycles. The van der Waals surface area contributed by atoms with Gasteiger partial charge in [0.1, 0.15) is 0 Å². The molecule has 2 unspecified atom stereocenters. The van der Waals surface area contributed by atoms with E-state index >= 15 is 0 Å². The van der Waals surface area contributed by atoms with Crippen molar-refractivity contribution in [3.63, 3.8) is 0 Å². The summed E-state index contributed by atoms with van der Waals surface area (Å²) in [7, 11) is 3.67. The van der Waals surface area contributed by atoms with E-state index in [1.807, 2.05) is 59.9 Å². The monoisotopic (exact) mass is 487 g/mol. The number of hydrogen-bond donors (Lipinski definition) is 0. The third-order valence-electron chi connectivity index (χ3n) is 3.66. The second-order valence-corrected chi connectivity index (χ2v) is 18.2. The maximum atomic E-state index is 6.83. The molecule has 5 nitrogen and oxygen atoms in total. The van der Waals surface area contributed by atoms with Crippen LogP contribution in [0.4, 0.5) is 0 Å². The molecule has 1 aliphatic heterocycles. The Labute approximate surface area is 172 Å². The number of nitrogens with zero attached hydrogens (tertiary/aromatic N) is 5. The third kappa shape index (κ3) is 4.82. The molecule has 140 valence electrons. The Bertz CT molecular complexity index is 939. The van der Waals surface area contributed by atoms with E-state index in [2.05, 4.69) is 20.5 Å². The predicted octanol–water partition coefficient (Wildman–Crippen LogP) is 7.96. The highest BCUT2D eigenvalue weighted by molar-refractivity contribution is 8.17. The Hall–Kier alpha value is 0.290. The van der Waals surface area contributed by atoms with Crippen LogP contribution in [0.5, 0.6) is 0 Å². The van der Waals surface area contributed by atoms with Gasteiger partial charge >= 0.3 is 0 Å². The Morgan fingerprint density at radius 3 is 1.69 bits per heavy atom. The van der Waals surface area contributed by atoms with E-state index in [4.69, 9.17) is 49.5 Å². The van der Waals surface area contributed by atoms with E-state index in [0.29, 0.717) is 13.1 Å². The Kier molecular flexibility index (Phi) is 6.43. The molecule has 0 radical (unpaired) electrons. The first kappa shape index (κ1) is 21.0. The van der Waals surface area contributed by atoms with Crippen molar-refractivity contribution in [2.24, 2.45) is 13.5 Å². The molecular formula is C14H16Cl4N5P3. The molecule has 0 aromatic carbocycles. The zero-order valence-corrected chi connectivity index (χ0v) is 19.7. The van der Waals surface area contributed by atoms with Gasteiger partial charge in [0, 0.05) is 24.2 Å². The zero-order chi connectivity index (χ0) is 19.0. The fourth-order valence-electron chi connectivity index (χ4n) is 2.35. The van der Waals surface area contributed by atoms with Crippen LogP contribution in [0.2, 0.25) is 0 Å². The van der Waals surface area contributed by atoms with Crippen LogP contribution in [0.1, 0.15) is 0 Å². The van der Waals surface area contributed by atoms with Crippen molar-refractivity contribution in [3.05, 3.63) is 59.1 Å². The normalized spacial score (nSPS) is 31.1. The summed E-state index contributed by atoms with van der Waals surface area (Å²) in [6.07, 6.45) is 11.4. The van der Waals surface area contributed by atoms with Crippen LogP contribution in [0.3, 0.4) is 0 Å². The molecule has 0 bridgehead atoms. The van der Waals surface area contributed by atoms with Gasteiger partial charge in [0.2, 0.25) is 13.4 Å². The van der Waals surface area contributed by atoms with Crippen molar-refractivity contribution in [1.82, 2.24) is 9.34 Å². The lowest BCUT2D eigenvalue weighted by atomic mass is 10.3. The van der Waals surface area contributed by atoms with E-state index in [9.17, 15) is 0 Å². The van der Waals surface area contributed by atoms with E-state index in [-0.39, 0.29) is 0 Å². The maximum absolute atomic E-state index is 6.83. The fourth-order valence-corrected chi connectivity index (χ4v) is 18.7. The van der Waals surface area contributed by atoms with Gasteiger partial charge in [-0.05, 0) is 83.4 Å². The Morgan fingerprint density at radius 1 is 0.808 bits per heavy atom. The molecular weight excluding hydrogens is 473 g/mol. The summed E-state index contributed by atoms with van der Waals surface area (Å²) in [5, 5.41) is 0. The summed E-state index contributed by atoms with van der Waals surface area (Å²) in [5.74, 6) is -3.04. The van der Waals surface area contributed by atoms with Crippen LogP contribution in [0.25, 0.3) is 0 Å². The standard InChI is InChI=1S/C14H16Cl4N5P3/c1-22(11-13-7-3-4-8-13)25(17)19-24(15,16)20-26(18,21-25)23(2)12-14-9-5-6-10-14/h3-7,9H,11-12H2,1-2H3. The van der Waals surface area contributed by atoms with Crippen LogP contribution in [-0.2, 0) is 0 Å². The molecule has 0 saturated heterocycles. The summed E-state index contributed by atoms with van der Waals surface area (Å²) in [5.41, 5.74) is 8.22. The first-order valence-electron chi connectivity index (χ1n) is 7.50. The SMILES string of the molecule is CN(CC1=C=CC=C1)P1(Cl)=NP(Cl)(Cl)=NP(Cl)(N(C)CC2=C=CC=C2)=N1. The van der Waals surface area contributed by atoms with Gasteiger partial charge in [-0.15, -0.1) is 11.5 Å². The largest absolute Gasteiger partial charge is 0.257 e. The van der Waals surface area contributed by atoms with Crippen LogP contribution in [0, 0.1) is 0 Å². The minimum atomic E-state index is -3.04. The van der Waals surface area contributed by atoms with E-state index in [1.54, 1.807) is 0 Å². The summed E-state index contributed by atoms with van der Waals surface area (Å²) < 4.78 is 17.2. The smallest absolute Gasteiger partial charge is 0.238 e. The molecule has 0 saturated carbocycles. The highest BCUT2D eigenvalue weighted by Gasteiger charge is 2.38. The molecule has 26 heavy (non-hydrogen) atoms. The summed E-state index contributed by atoms with van der Waals surface area (Å²) in [4.78, 5) is 0. The number of halogens is 4. The Morgan fingerprint density at radius 2 is 1.27 bits per heavy atom. The second-order valence-electron chi connectivity index (χ2n) is 5.74. The molecule has 2 aliphatic carbocycles. The summed E-state index contributed by atoms with van der Waals surface area (Å²) in [6.45, 7) is -4.75. The van der Waals surface area contributed by atoms with Gasteiger partial charge in [-0.3, -0.25) is 0 Å².